The largest absolute Gasteiger partial charge is 0.492 e. The molecule has 1 saturated carbocycles. The van der Waals surface area contributed by atoms with E-state index in [-0.39, 0.29) is 32.4 Å². The Hall–Kier alpha value is -3.13. The topological polar surface area (TPSA) is 136 Å². The summed E-state index contributed by atoms with van der Waals surface area (Å²) in [5.74, 6) is -1.08. The number of hydrogen-bond acceptors (Lipinski definition) is 9. The lowest BCUT2D eigenvalue weighted by molar-refractivity contribution is -0.145. The number of ether oxygens (including phenoxy) is 1. The summed E-state index contributed by atoms with van der Waals surface area (Å²) in [4.78, 5) is 48.9. The molecule has 1 aliphatic carbocycles. The molecular formula is C32H45FN6O5S. The summed E-state index contributed by atoms with van der Waals surface area (Å²) >= 11 is 1.55. The number of carbonyl (C=O) groups excluding carboxylic acids is 3. The molecule has 246 valence electrons. The summed E-state index contributed by atoms with van der Waals surface area (Å²) < 4.78 is 20.8. The summed E-state index contributed by atoms with van der Waals surface area (Å²) in [6, 6.07) is 3.89. The minimum atomic E-state index is -1.94. The number of rotatable bonds is 11. The van der Waals surface area contributed by atoms with Gasteiger partial charge in [0.25, 0.3) is 5.91 Å². The minimum Gasteiger partial charge on any atom is -0.492 e. The van der Waals surface area contributed by atoms with Crippen molar-refractivity contribution in [1.29, 1.82) is 0 Å². The first kappa shape index (κ1) is 33.2. The highest BCUT2D eigenvalue weighted by molar-refractivity contribution is 7.13. The molecule has 1 aromatic heterocycles. The Balaban J connectivity index is 1.28. The maximum Gasteiger partial charge on any atom is 0.258 e. The van der Waals surface area contributed by atoms with Crippen LogP contribution in [0.4, 0.5) is 4.39 Å². The number of aliphatic hydroxyl groups excluding tert-OH is 1. The summed E-state index contributed by atoms with van der Waals surface area (Å²) in [6.45, 7) is 12.5. The molecule has 5 rings (SSSR count). The average molecular weight is 645 g/mol. The molecule has 0 bridgehead atoms. The van der Waals surface area contributed by atoms with E-state index in [4.69, 9.17) is 4.74 Å². The molecule has 2 aliphatic heterocycles. The zero-order chi connectivity index (χ0) is 32.4. The lowest BCUT2D eigenvalue weighted by Crippen LogP contribution is -2.59. The van der Waals surface area contributed by atoms with Crippen LogP contribution in [0.15, 0.2) is 23.7 Å². The molecule has 3 atom stereocenters. The third-order valence-electron chi connectivity index (χ3n) is 8.75. The molecule has 13 heteroatoms. The number of β-amino-alcohol motifs (C(OH)–C–C–N with tert-alkyl or cyclic N) is 1. The van der Waals surface area contributed by atoms with Gasteiger partial charge in [0.05, 0.1) is 22.2 Å². The van der Waals surface area contributed by atoms with E-state index in [1.165, 1.54) is 4.90 Å². The van der Waals surface area contributed by atoms with Crippen molar-refractivity contribution in [3.05, 3.63) is 35.0 Å². The van der Waals surface area contributed by atoms with Crippen molar-refractivity contribution in [1.82, 2.24) is 30.7 Å². The van der Waals surface area contributed by atoms with Gasteiger partial charge in [-0.3, -0.25) is 19.3 Å². The number of nitrogens with one attached hydrogen (secondary N) is 3. The molecule has 3 aliphatic rings. The number of alkyl halides is 1. The fraction of sp³-hybridized carbons (Fsp3) is 0.625. The van der Waals surface area contributed by atoms with Crippen LogP contribution < -0.4 is 20.7 Å². The van der Waals surface area contributed by atoms with Crippen LogP contribution in [0.2, 0.25) is 0 Å². The van der Waals surface area contributed by atoms with Gasteiger partial charge in [0.15, 0.2) is 5.67 Å². The first-order valence-electron chi connectivity index (χ1n) is 15.7. The summed E-state index contributed by atoms with van der Waals surface area (Å²) in [7, 11) is 0. The van der Waals surface area contributed by atoms with Gasteiger partial charge < -0.3 is 30.7 Å². The molecule has 3 heterocycles. The summed E-state index contributed by atoms with van der Waals surface area (Å²) in [5.41, 5.74) is 1.81. The van der Waals surface area contributed by atoms with Crippen molar-refractivity contribution in [2.45, 2.75) is 77.4 Å². The fourth-order valence-corrected chi connectivity index (χ4v) is 6.59. The smallest absolute Gasteiger partial charge is 0.258 e. The van der Waals surface area contributed by atoms with Crippen LogP contribution in [0.25, 0.3) is 10.4 Å². The van der Waals surface area contributed by atoms with Gasteiger partial charge in [0, 0.05) is 57.8 Å². The van der Waals surface area contributed by atoms with Crippen molar-refractivity contribution in [2.24, 2.45) is 5.41 Å². The Morgan fingerprint density at radius 1 is 1.24 bits per heavy atom. The highest BCUT2D eigenvalue weighted by Gasteiger charge is 2.53. The van der Waals surface area contributed by atoms with E-state index in [1.807, 2.05) is 30.6 Å². The number of nitrogens with zero attached hydrogens (tertiary/aromatic N) is 3. The van der Waals surface area contributed by atoms with Crippen molar-refractivity contribution < 1.29 is 28.6 Å². The van der Waals surface area contributed by atoms with E-state index >= 15 is 0 Å². The number of hydrogen-bond donors (Lipinski definition) is 4. The first-order valence-corrected chi connectivity index (χ1v) is 16.6. The van der Waals surface area contributed by atoms with Crippen LogP contribution in [0.1, 0.15) is 51.3 Å². The molecular weight excluding hydrogens is 599 g/mol. The van der Waals surface area contributed by atoms with Gasteiger partial charge in [-0.15, -0.1) is 11.3 Å². The molecule has 1 aromatic carbocycles. The SMILES string of the molecule is Cc1ncsc1-c1ccc(CNC(=O)[C@@H]2C[C@@H](O)CN2C(=O)[C@@H](NC(=O)C2(F)CC2)C(C)(C)C)c(OCCN2CCNCC2)c1. The highest BCUT2D eigenvalue weighted by atomic mass is 32.1. The van der Waals surface area contributed by atoms with Gasteiger partial charge in [0.2, 0.25) is 11.8 Å². The second-order valence-electron chi connectivity index (χ2n) is 13.4. The van der Waals surface area contributed by atoms with Crippen molar-refractivity contribution in [3.63, 3.8) is 0 Å². The zero-order valence-corrected chi connectivity index (χ0v) is 27.3. The van der Waals surface area contributed by atoms with E-state index < -0.39 is 47.0 Å². The molecule has 2 aromatic rings. The number of benzene rings is 1. The maximum absolute atomic E-state index is 14.5. The maximum atomic E-state index is 14.5. The molecule has 3 amide bonds. The molecule has 3 fully saturated rings. The normalized spacial score (nSPS) is 22.1. The van der Waals surface area contributed by atoms with E-state index in [2.05, 4.69) is 25.8 Å². The number of amides is 3. The van der Waals surface area contributed by atoms with Crippen LogP contribution in [0.3, 0.4) is 0 Å². The Labute approximate surface area is 267 Å². The van der Waals surface area contributed by atoms with Gasteiger partial charge in [-0.2, -0.15) is 0 Å². The van der Waals surface area contributed by atoms with Crippen LogP contribution in [-0.2, 0) is 20.9 Å². The van der Waals surface area contributed by atoms with E-state index in [1.54, 1.807) is 32.1 Å². The fourth-order valence-electron chi connectivity index (χ4n) is 5.79. The second-order valence-corrected chi connectivity index (χ2v) is 14.2. The number of piperazine rings is 1. The van der Waals surface area contributed by atoms with Gasteiger partial charge in [-0.25, -0.2) is 9.37 Å². The Morgan fingerprint density at radius 2 is 1.98 bits per heavy atom. The van der Waals surface area contributed by atoms with Gasteiger partial charge in [0.1, 0.15) is 24.4 Å². The lowest BCUT2D eigenvalue weighted by Gasteiger charge is -2.35. The Morgan fingerprint density at radius 3 is 2.62 bits per heavy atom. The molecule has 0 unspecified atom stereocenters. The Bertz CT molecular complexity index is 1390. The third-order valence-corrected chi connectivity index (χ3v) is 9.73. The van der Waals surface area contributed by atoms with Gasteiger partial charge in [-0.05, 0) is 36.8 Å². The van der Waals surface area contributed by atoms with E-state index in [0.29, 0.717) is 12.4 Å². The van der Waals surface area contributed by atoms with Crippen LogP contribution in [-0.4, -0.2) is 107 Å². The van der Waals surface area contributed by atoms with Crippen LogP contribution >= 0.6 is 11.3 Å². The van der Waals surface area contributed by atoms with E-state index in [0.717, 1.165) is 54.4 Å². The van der Waals surface area contributed by atoms with Gasteiger partial charge in [-0.1, -0.05) is 32.9 Å². The first-order chi connectivity index (χ1) is 21.4. The Kier molecular flexibility index (Phi) is 10.1. The minimum absolute atomic E-state index is 0.0522. The molecule has 45 heavy (non-hydrogen) atoms. The molecule has 2 saturated heterocycles. The number of aryl methyl sites for hydroxylation is 1. The molecule has 4 N–H and O–H groups in total. The van der Waals surface area contributed by atoms with Crippen LogP contribution in [0, 0.1) is 12.3 Å². The third kappa shape index (κ3) is 8.00. The number of thiazole rings is 1. The summed E-state index contributed by atoms with van der Waals surface area (Å²) in [5, 5.41) is 19.4. The lowest BCUT2D eigenvalue weighted by atomic mass is 9.85. The predicted octanol–water partition coefficient (Wildman–Crippen LogP) is 2.01. The number of halogens is 1. The standard InChI is InChI=1S/C32H45FN6O5S/c1-20-26(45-19-36-20)21-5-6-22(25(15-21)44-14-13-38-11-9-34-10-12-38)17-35-28(41)24-16-23(40)18-39(24)29(42)27(31(2,3)4)37-30(43)32(33)7-8-32/h5-6,15,19,23-24,27,34,40H,7-14,16-18H2,1-4H3,(H,35,41)(H,37,43)/t23-,24+,27-/m1/s1. The second kappa shape index (κ2) is 13.7. The number of likely N-dealkylation sites (tertiary alicyclic amines) is 1. The van der Waals surface area contributed by atoms with Crippen molar-refractivity contribution >= 4 is 29.1 Å². The monoisotopic (exact) mass is 644 g/mol. The number of aliphatic hydroxyl groups is 1. The molecule has 0 spiro atoms. The van der Waals surface area contributed by atoms with Crippen molar-refractivity contribution in [2.75, 3.05) is 45.9 Å². The number of aromatic nitrogens is 1. The zero-order valence-electron chi connectivity index (χ0n) is 26.5. The van der Waals surface area contributed by atoms with Crippen LogP contribution in [0.5, 0.6) is 5.75 Å². The average Bonchev–Trinajstić information content (AvgIpc) is 3.41. The summed E-state index contributed by atoms with van der Waals surface area (Å²) in [6.07, 6.45) is -0.581. The molecule has 0 radical (unpaired) electrons. The highest BCUT2D eigenvalue weighted by Crippen LogP contribution is 2.40. The quantitative estimate of drug-likeness (QED) is 0.292. The van der Waals surface area contributed by atoms with Gasteiger partial charge >= 0.3 is 0 Å². The van der Waals surface area contributed by atoms with E-state index in [9.17, 15) is 23.9 Å². The molecule has 11 nitrogen and oxygen atoms in total. The number of carbonyl (C=O) groups is 3. The predicted molar refractivity (Wildman–Crippen MR) is 170 cm³/mol. The van der Waals surface area contributed by atoms with Crippen molar-refractivity contribution in [3.8, 4) is 16.2 Å².